The zero-order valence-corrected chi connectivity index (χ0v) is 17.5. The molecule has 0 aliphatic rings. The molecule has 0 unspecified atom stereocenters. The molecule has 3 nitrogen and oxygen atoms in total. The van der Waals surface area contributed by atoms with E-state index in [1.165, 1.54) is 51.4 Å². The maximum absolute atomic E-state index is 11.9. The molecule has 128 valence electrons. The van der Waals surface area contributed by atoms with Gasteiger partial charge in [-0.3, -0.25) is 4.18 Å². The second kappa shape index (κ2) is 14.7. The van der Waals surface area contributed by atoms with Gasteiger partial charge in [0.1, 0.15) is 0 Å². The Morgan fingerprint density at radius 2 is 1.26 bits per heavy atom. The first-order valence-corrected chi connectivity index (χ1v) is 10.0. The molecule has 1 rings (SSSR count). The molecule has 2 radical (unpaired) electrons. The largest absolute Gasteiger partial charge is 0.296 e. The smallest absolute Gasteiger partial charge is 0.266 e. The van der Waals surface area contributed by atoms with Gasteiger partial charge in [-0.1, -0.05) is 82.9 Å². The Morgan fingerprint density at radius 3 is 1.78 bits per heavy atom. The molecule has 5 heteroatoms. The molecule has 0 N–H and O–H groups in total. The van der Waals surface area contributed by atoms with Gasteiger partial charge in [0.05, 0.1) is 11.5 Å². The maximum atomic E-state index is 11.9. The van der Waals surface area contributed by atoms with Gasteiger partial charge in [0.25, 0.3) is 10.1 Å². The minimum Gasteiger partial charge on any atom is -0.266 e. The predicted molar refractivity (Wildman–Crippen MR) is 97.2 cm³/mol. The first-order valence-electron chi connectivity index (χ1n) is 8.61. The van der Waals surface area contributed by atoms with Gasteiger partial charge in [-0.2, -0.15) is 8.42 Å². The fourth-order valence-corrected chi connectivity index (χ4v) is 3.38. The van der Waals surface area contributed by atoms with Gasteiger partial charge in [-0.05, 0) is 18.6 Å². The van der Waals surface area contributed by atoms with E-state index in [1.807, 2.05) is 0 Å². The third-order valence-corrected chi connectivity index (χ3v) is 5.09. The van der Waals surface area contributed by atoms with Gasteiger partial charge in [0.2, 0.25) is 0 Å². The van der Waals surface area contributed by atoms with Crippen LogP contribution in [0.4, 0.5) is 0 Å². The molecule has 0 spiro atoms. The van der Waals surface area contributed by atoms with Crippen molar-refractivity contribution in [1.29, 1.82) is 0 Å². The van der Waals surface area contributed by atoms with Gasteiger partial charge >= 0.3 is 0 Å². The Hall–Kier alpha value is 0.390. The fraction of sp³-hybridized carbons (Fsp3) is 0.667. The second-order valence-corrected chi connectivity index (χ2v) is 7.39. The normalized spacial score (nSPS) is 11.2. The standard InChI is InChI=1S/C18H30O3S.Ca/c1-2-3-4-5-6-7-8-9-10-14-17-21-22(19,20)18-15-12-11-13-16-18;/h11-13,15-16H,2-10,14,17H2,1H3;. The van der Waals surface area contributed by atoms with Crippen LogP contribution in [0.15, 0.2) is 35.2 Å². The van der Waals surface area contributed by atoms with Crippen LogP contribution in [0.2, 0.25) is 0 Å². The van der Waals surface area contributed by atoms with Crippen molar-refractivity contribution >= 4 is 47.9 Å². The summed E-state index contributed by atoms with van der Waals surface area (Å²) in [7, 11) is -3.57. The van der Waals surface area contributed by atoms with E-state index in [0.717, 1.165) is 12.8 Å². The average Bonchev–Trinajstić information content (AvgIpc) is 2.53. The maximum Gasteiger partial charge on any atom is 0.296 e. The van der Waals surface area contributed by atoms with E-state index < -0.39 is 10.1 Å². The van der Waals surface area contributed by atoms with E-state index in [4.69, 9.17) is 4.18 Å². The van der Waals surface area contributed by atoms with Crippen LogP contribution >= 0.6 is 0 Å². The molecule has 0 amide bonds. The van der Waals surface area contributed by atoms with Crippen LogP contribution in [-0.4, -0.2) is 52.8 Å². The summed E-state index contributed by atoms with van der Waals surface area (Å²) in [6.45, 7) is 2.52. The van der Waals surface area contributed by atoms with Gasteiger partial charge in [0.15, 0.2) is 0 Å². The summed E-state index contributed by atoms with van der Waals surface area (Å²) in [4.78, 5) is 0.238. The van der Waals surface area contributed by atoms with E-state index in [2.05, 4.69) is 6.92 Å². The van der Waals surface area contributed by atoms with Crippen LogP contribution in [-0.2, 0) is 14.3 Å². The van der Waals surface area contributed by atoms with Gasteiger partial charge in [-0.15, -0.1) is 0 Å². The molecule has 0 fully saturated rings. The number of unbranched alkanes of at least 4 members (excludes halogenated alkanes) is 9. The van der Waals surface area contributed by atoms with Crippen molar-refractivity contribution < 1.29 is 12.6 Å². The van der Waals surface area contributed by atoms with E-state index in [9.17, 15) is 8.42 Å². The molecule has 0 atom stereocenters. The summed E-state index contributed by atoms with van der Waals surface area (Å²) in [5.41, 5.74) is 0. The Labute approximate surface area is 172 Å². The Kier molecular flexibility index (Phi) is 15.0. The van der Waals surface area contributed by atoms with Crippen molar-refractivity contribution in [3.05, 3.63) is 30.3 Å². The van der Waals surface area contributed by atoms with E-state index in [1.54, 1.807) is 30.3 Å². The van der Waals surface area contributed by atoms with Crippen LogP contribution in [0.25, 0.3) is 0 Å². The minimum absolute atomic E-state index is 0. The van der Waals surface area contributed by atoms with Gasteiger partial charge in [-0.25, -0.2) is 0 Å². The molecule has 0 aliphatic heterocycles. The number of hydrogen-bond donors (Lipinski definition) is 0. The molecular weight excluding hydrogens is 336 g/mol. The summed E-state index contributed by atoms with van der Waals surface area (Å²) in [6, 6.07) is 8.33. The third kappa shape index (κ3) is 11.5. The molecule has 0 aliphatic carbocycles. The Morgan fingerprint density at radius 1 is 0.783 bits per heavy atom. The van der Waals surface area contributed by atoms with Crippen LogP contribution < -0.4 is 0 Å². The molecule has 23 heavy (non-hydrogen) atoms. The summed E-state index contributed by atoms with van der Waals surface area (Å²) in [6.07, 6.45) is 12.3. The van der Waals surface area contributed by atoms with Crippen molar-refractivity contribution in [3.8, 4) is 0 Å². The van der Waals surface area contributed by atoms with Crippen molar-refractivity contribution in [3.63, 3.8) is 0 Å². The monoisotopic (exact) mass is 366 g/mol. The summed E-state index contributed by atoms with van der Waals surface area (Å²) in [5, 5.41) is 0. The van der Waals surface area contributed by atoms with Crippen LogP contribution in [0.1, 0.15) is 71.1 Å². The van der Waals surface area contributed by atoms with Crippen LogP contribution in [0, 0.1) is 0 Å². The first-order chi connectivity index (χ1) is 10.7. The van der Waals surface area contributed by atoms with E-state index >= 15 is 0 Å². The topological polar surface area (TPSA) is 43.4 Å². The zero-order chi connectivity index (χ0) is 16.1. The first kappa shape index (κ1) is 23.4. The van der Waals surface area contributed by atoms with Crippen molar-refractivity contribution in [1.82, 2.24) is 0 Å². The SMILES string of the molecule is CCCCCCCCCCCCOS(=O)(=O)c1ccccc1.[Ca]. The third-order valence-electron chi connectivity index (χ3n) is 3.77. The molecule has 0 heterocycles. The zero-order valence-electron chi connectivity index (χ0n) is 14.5. The average molecular weight is 367 g/mol. The minimum atomic E-state index is -3.57. The molecule has 0 saturated carbocycles. The van der Waals surface area contributed by atoms with E-state index in [0.29, 0.717) is 0 Å². The number of benzene rings is 1. The second-order valence-electron chi connectivity index (χ2n) is 5.77. The summed E-state index contributed by atoms with van der Waals surface area (Å²) < 4.78 is 28.8. The molecular formula is C18H30CaO3S. The predicted octanol–water partition coefficient (Wildman–Crippen LogP) is 4.93. The molecule has 0 bridgehead atoms. The van der Waals surface area contributed by atoms with Crippen LogP contribution in [0.5, 0.6) is 0 Å². The summed E-state index contributed by atoms with van der Waals surface area (Å²) in [5.74, 6) is 0. The van der Waals surface area contributed by atoms with Gasteiger partial charge in [0, 0.05) is 37.7 Å². The van der Waals surface area contributed by atoms with Crippen LogP contribution in [0.3, 0.4) is 0 Å². The number of rotatable bonds is 13. The Bertz CT molecular complexity index is 474. The van der Waals surface area contributed by atoms with E-state index in [-0.39, 0.29) is 49.2 Å². The molecule has 1 aromatic carbocycles. The fourth-order valence-electron chi connectivity index (χ4n) is 2.41. The van der Waals surface area contributed by atoms with Crippen molar-refractivity contribution in [2.45, 2.75) is 76.0 Å². The number of hydrogen-bond acceptors (Lipinski definition) is 3. The van der Waals surface area contributed by atoms with Crippen molar-refractivity contribution in [2.24, 2.45) is 0 Å². The Balaban J connectivity index is 0.00000484. The summed E-state index contributed by atoms with van der Waals surface area (Å²) >= 11 is 0. The molecule has 0 aromatic heterocycles. The quantitative estimate of drug-likeness (QED) is 0.282. The van der Waals surface area contributed by atoms with Crippen molar-refractivity contribution in [2.75, 3.05) is 6.61 Å². The van der Waals surface area contributed by atoms with Gasteiger partial charge < -0.3 is 0 Å². The molecule has 0 saturated heterocycles. The molecule has 1 aromatic rings.